The smallest absolute Gasteiger partial charge is 0.315 e. The van der Waals surface area contributed by atoms with Crippen molar-refractivity contribution in [3.63, 3.8) is 0 Å². The lowest BCUT2D eigenvalue weighted by molar-refractivity contribution is -0.148. The van der Waals surface area contributed by atoms with Crippen molar-refractivity contribution in [3.05, 3.63) is 35.9 Å². The molecule has 1 atom stereocenters. The second kappa shape index (κ2) is 7.13. The van der Waals surface area contributed by atoms with E-state index in [9.17, 15) is 14.7 Å². The summed E-state index contributed by atoms with van der Waals surface area (Å²) in [7, 11) is 0. The summed E-state index contributed by atoms with van der Waals surface area (Å²) in [6.45, 7) is 4.02. The molecule has 1 amide bonds. The molecule has 0 heterocycles. The molecule has 1 aromatic rings. The Labute approximate surface area is 137 Å². The van der Waals surface area contributed by atoms with Gasteiger partial charge < -0.3 is 15.2 Å². The minimum absolute atomic E-state index is 0.0417. The highest BCUT2D eigenvalue weighted by molar-refractivity contribution is 5.87. The number of hydrogen-bond acceptors (Lipinski definition) is 3. The SMILES string of the molecule is CCOC1(C(=O)NCC(C)(C(=O)O)c2ccccc2)CCCC1. The van der Waals surface area contributed by atoms with Crippen molar-refractivity contribution >= 4 is 11.9 Å². The number of carboxylic acids is 1. The van der Waals surface area contributed by atoms with Crippen LogP contribution in [0.15, 0.2) is 30.3 Å². The number of carbonyl (C=O) groups excluding carboxylic acids is 1. The number of ether oxygens (including phenoxy) is 1. The van der Waals surface area contributed by atoms with E-state index in [-0.39, 0.29) is 12.5 Å². The molecule has 1 aliphatic rings. The second-order valence-corrected chi connectivity index (χ2v) is 6.32. The molecule has 0 radical (unpaired) electrons. The molecule has 0 saturated heterocycles. The van der Waals surface area contributed by atoms with Gasteiger partial charge in [0.1, 0.15) is 11.0 Å². The molecule has 5 heteroatoms. The van der Waals surface area contributed by atoms with Gasteiger partial charge in [-0.3, -0.25) is 9.59 Å². The first kappa shape index (κ1) is 17.5. The van der Waals surface area contributed by atoms with Gasteiger partial charge in [0.15, 0.2) is 0 Å². The lowest BCUT2D eigenvalue weighted by Gasteiger charge is -2.31. The maximum atomic E-state index is 12.6. The van der Waals surface area contributed by atoms with Gasteiger partial charge >= 0.3 is 5.97 Å². The van der Waals surface area contributed by atoms with Gasteiger partial charge in [-0.2, -0.15) is 0 Å². The molecule has 5 nitrogen and oxygen atoms in total. The van der Waals surface area contributed by atoms with Crippen molar-refractivity contribution in [2.75, 3.05) is 13.2 Å². The van der Waals surface area contributed by atoms with E-state index in [1.165, 1.54) is 0 Å². The summed E-state index contributed by atoms with van der Waals surface area (Å²) < 4.78 is 5.72. The first-order valence-corrected chi connectivity index (χ1v) is 8.16. The van der Waals surface area contributed by atoms with E-state index >= 15 is 0 Å². The number of carboxylic acid groups (broad SMARTS) is 1. The van der Waals surface area contributed by atoms with Crippen molar-refractivity contribution in [2.45, 2.75) is 50.5 Å². The first-order valence-electron chi connectivity index (χ1n) is 8.16. The average molecular weight is 319 g/mol. The minimum atomic E-state index is -1.16. The highest BCUT2D eigenvalue weighted by Crippen LogP contribution is 2.34. The number of aliphatic carboxylic acids is 1. The summed E-state index contributed by atoms with van der Waals surface area (Å²) in [5.41, 5.74) is -1.28. The van der Waals surface area contributed by atoms with Gasteiger partial charge in [-0.1, -0.05) is 30.3 Å². The molecule has 1 aromatic carbocycles. The lowest BCUT2D eigenvalue weighted by Crippen LogP contribution is -2.52. The van der Waals surface area contributed by atoms with Gasteiger partial charge in [0, 0.05) is 13.2 Å². The fraction of sp³-hybridized carbons (Fsp3) is 0.556. The van der Waals surface area contributed by atoms with Gasteiger partial charge in [-0.25, -0.2) is 0 Å². The van der Waals surface area contributed by atoms with Crippen LogP contribution in [0.2, 0.25) is 0 Å². The fourth-order valence-electron chi connectivity index (χ4n) is 3.18. The first-order chi connectivity index (χ1) is 10.9. The largest absolute Gasteiger partial charge is 0.481 e. The standard InChI is InChI=1S/C18H25NO4/c1-3-23-18(11-7-8-12-18)15(20)19-13-17(2,16(21)22)14-9-5-4-6-10-14/h4-6,9-10H,3,7-8,11-13H2,1-2H3,(H,19,20)(H,21,22). The zero-order chi connectivity index (χ0) is 16.9. The third-order valence-corrected chi connectivity index (χ3v) is 4.73. The van der Waals surface area contributed by atoms with Crippen LogP contribution in [0.25, 0.3) is 0 Å². The monoisotopic (exact) mass is 319 g/mol. The average Bonchev–Trinajstić information content (AvgIpc) is 3.03. The van der Waals surface area contributed by atoms with Crippen LogP contribution in [0.1, 0.15) is 45.1 Å². The Kier molecular flexibility index (Phi) is 5.42. The summed E-state index contributed by atoms with van der Waals surface area (Å²) >= 11 is 0. The number of benzene rings is 1. The zero-order valence-electron chi connectivity index (χ0n) is 13.8. The van der Waals surface area contributed by atoms with Gasteiger partial charge in [0.2, 0.25) is 0 Å². The molecule has 23 heavy (non-hydrogen) atoms. The van der Waals surface area contributed by atoms with Crippen LogP contribution in [0, 0.1) is 0 Å². The molecule has 1 fully saturated rings. The Balaban J connectivity index is 2.13. The Morgan fingerprint density at radius 1 is 1.26 bits per heavy atom. The highest BCUT2D eigenvalue weighted by atomic mass is 16.5. The van der Waals surface area contributed by atoms with E-state index in [1.807, 2.05) is 13.0 Å². The highest BCUT2D eigenvalue weighted by Gasteiger charge is 2.43. The van der Waals surface area contributed by atoms with Crippen LogP contribution in [0.5, 0.6) is 0 Å². The number of rotatable bonds is 7. The molecule has 2 rings (SSSR count). The van der Waals surface area contributed by atoms with Crippen LogP contribution in [-0.2, 0) is 19.7 Å². The summed E-state index contributed by atoms with van der Waals surface area (Å²) in [4.78, 5) is 24.4. The molecular formula is C18H25NO4. The third kappa shape index (κ3) is 3.55. The summed E-state index contributed by atoms with van der Waals surface area (Å²) in [5, 5.41) is 12.5. The number of amides is 1. The molecule has 2 N–H and O–H groups in total. The minimum Gasteiger partial charge on any atom is -0.481 e. The van der Waals surface area contributed by atoms with E-state index in [4.69, 9.17) is 4.74 Å². The summed E-state index contributed by atoms with van der Waals surface area (Å²) in [5.74, 6) is -1.15. The fourth-order valence-corrected chi connectivity index (χ4v) is 3.18. The predicted molar refractivity (Wildman–Crippen MR) is 87.3 cm³/mol. The number of carbonyl (C=O) groups is 2. The maximum absolute atomic E-state index is 12.6. The number of hydrogen-bond donors (Lipinski definition) is 2. The van der Waals surface area contributed by atoms with Crippen LogP contribution in [0.3, 0.4) is 0 Å². The van der Waals surface area contributed by atoms with Crippen molar-refractivity contribution in [1.82, 2.24) is 5.32 Å². The normalized spacial score (nSPS) is 19.0. The van der Waals surface area contributed by atoms with Crippen LogP contribution < -0.4 is 5.32 Å². The van der Waals surface area contributed by atoms with E-state index in [0.29, 0.717) is 25.0 Å². The quantitative estimate of drug-likeness (QED) is 0.809. The van der Waals surface area contributed by atoms with E-state index < -0.39 is 17.0 Å². The molecule has 1 saturated carbocycles. The lowest BCUT2D eigenvalue weighted by atomic mass is 9.82. The van der Waals surface area contributed by atoms with E-state index in [1.54, 1.807) is 31.2 Å². The van der Waals surface area contributed by atoms with Crippen molar-refractivity contribution < 1.29 is 19.4 Å². The Morgan fingerprint density at radius 2 is 1.87 bits per heavy atom. The zero-order valence-corrected chi connectivity index (χ0v) is 13.8. The molecule has 0 aliphatic heterocycles. The van der Waals surface area contributed by atoms with Crippen LogP contribution in [-0.4, -0.2) is 35.7 Å². The molecular weight excluding hydrogens is 294 g/mol. The Morgan fingerprint density at radius 3 is 2.39 bits per heavy atom. The molecule has 1 unspecified atom stereocenters. The van der Waals surface area contributed by atoms with Gasteiger partial charge in [-0.15, -0.1) is 0 Å². The van der Waals surface area contributed by atoms with E-state index in [0.717, 1.165) is 12.8 Å². The Bertz CT molecular complexity index is 551. The summed E-state index contributed by atoms with van der Waals surface area (Å²) in [6, 6.07) is 8.99. The molecule has 0 spiro atoms. The predicted octanol–water partition coefficient (Wildman–Crippen LogP) is 2.49. The number of nitrogens with one attached hydrogen (secondary N) is 1. The summed E-state index contributed by atoms with van der Waals surface area (Å²) in [6.07, 6.45) is 3.31. The molecule has 0 aromatic heterocycles. The molecule has 0 bridgehead atoms. The van der Waals surface area contributed by atoms with Gasteiger partial charge in [-0.05, 0) is 45.1 Å². The molecule has 1 aliphatic carbocycles. The van der Waals surface area contributed by atoms with Crippen molar-refractivity contribution in [3.8, 4) is 0 Å². The maximum Gasteiger partial charge on any atom is 0.315 e. The van der Waals surface area contributed by atoms with Crippen LogP contribution in [0.4, 0.5) is 0 Å². The van der Waals surface area contributed by atoms with E-state index in [2.05, 4.69) is 5.32 Å². The Hall–Kier alpha value is -1.88. The topological polar surface area (TPSA) is 75.6 Å². The van der Waals surface area contributed by atoms with Gasteiger partial charge in [0.05, 0.1) is 0 Å². The third-order valence-electron chi connectivity index (χ3n) is 4.73. The van der Waals surface area contributed by atoms with Crippen molar-refractivity contribution in [2.24, 2.45) is 0 Å². The van der Waals surface area contributed by atoms with Gasteiger partial charge in [0.25, 0.3) is 5.91 Å². The molecule has 126 valence electrons. The second-order valence-electron chi connectivity index (χ2n) is 6.32. The van der Waals surface area contributed by atoms with Crippen LogP contribution >= 0.6 is 0 Å². The van der Waals surface area contributed by atoms with Crippen molar-refractivity contribution in [1.29, 1.82) is 0 Å².